The molecule has 2 rings (SSSR count). The molecule has 0 aliphatic rings. The molecule has 1 aromatic heterocycles. The van der Waals surface area contributed by atoms with E-state index < -0.39 is 0 Å². The molecule has 18 heavy (non-hydrogen) atoms. The molecule has 7 heteroatoms. The minimum Gasteiger partial charge on any atom is -0.338 e. The molecule has 5 nitrogen and oxygen atoms in total. The van der Waals surface area contributed by atoms with Crippen molar-refractivity contribution in [2.75, 3.05) is 10.7 Å². The number of hydrogen-bond donors (Lipinski definition) is 3. The van der Waals surface area contributed by atoms with E-state index in [-0.39, 0.29) is 0 Å². The fourth-order valence-corrected chi connectivity index (χ4v) is 2.10. The van der Waals surface area contributed by atoms with Crippen LogP contribution in [-0.4, -0.2) is 9.97 Å². The zero-order chi connectivity index (χ0) is 13.1. The van der Waals surface area contributed by atoms with E-state index in [1.165, 1.54) is 6.20 Å². The van der Waals surface area contributed by atoms with E-state index in [0.717, 1.165) is 15.7 Å². The van der Waals surface area contributed by atoms with Gasteiger partial charge in [0.1, 0.15) is 5.02 Å². The summed E-state index contributed by atoms with van der Waals surface area (Å²) in [6.07, 6.45) is 1.48. The molecule has 1 aromatic carbocycles. The van der Waals surface area contributed by atoms with Gasteiger partial charge in [-0.1, -0.05) is 17.7 Å². The number of nitrogens with zero attached hydrogens (tertiary/aromatic N) is 2. The summed E-state index contributed by atoms with van der Waals surface area (Å²) < 4.78 is 0.930. The van der Waals surface area contributed by atoms with Gasteiger partial charge in [0.2, 0.25) is 5.95 Å². The molecular formula is C11H11BrClN5. The SMILES string of the molecule is Cc1ccc(Nc2nc(NN)ncc2Cl)c(Br)c1. The summed E-state index contributed by atoms with van der Waals surface area (Å²) in [6.45, 7) is 2.02. The Hall–Kier alpha value is -1.37. The van der Waals surface area contributed by atoms with E-state index in [1.807, 2.05) is 25.1 Å². The van der Waals surface area contributed by atoms with Crippen LogP contribution in [-0.2, 0) is 0 Å². The number of anilines is 3. The van der Waals surface area contributed by atoms with Crippen molar-refractivity contribution in [2.24, 2.45) is 5.84 Å². The Bertz CT molecular complexity index is 575. The molecule has 0 radical (unpaired) electrons. The van der Waals surface area contributed by atoms with Gasteiger partial charge in [-0.25, -0.2) is 10.8 Å². The summed E-state index contributed by atoms with van der Waals surface area (Å²) in [4.78, 5) is 8.04. The summed E-state index contributed by atoms with van der Waals surface area (Å²) in [5.41, 5.74) is 4.39. The first kappa shape index (κ1) is 13.1. The number of nitrogens with two attached hydrogens (primary N) is 1. The zero-order valence-corrected chi connectivity index (χ0v) is 11.9. The average molecular weight is 329 g/mol. The lowest BCUT2D eigenvalue weighted by molar-refractivity contribution is 1.12. The Kier molecular flexibility index (Phi) is 4.00. The van der Waals surface area contributed by atoms with Gasteiger partial charge < -0.3 is 5.32 Å². The van der Waals surface area contributed by atoms with Crippen LogP contribution in [0.25, 0.3) is 0 Å². The minimum absolute atomic E-state index is 0.296. The summed E-state index contributed by atoms with van der Waals surface area (Å²) in [7, 11) is 0. The van der Waals surface area contributed by atoms with Crippen molar-refractivity contribution < 1.29 is 0 Å². The molecule has 0 saturated carbocycles. The normalized spacial score (nSPS) is 10.2. The van der Waals surface area contributed by atoms with Crippen LogP contribution in [0.15, 0.2) is 28.9 Å². The second kappa shape index (κ2) is 5.51. The standard InChI is InChI=1S/C11H11BrClN5/c1-6-2-3-9(7(12)4-6)16-10-8(13)5-15-11(17-10)18-14/h2-5H,14H2,1H3,(H2,15,16,17,18). The lowest BCUT2D eigenvalue weighted by Gasteiger charge is -2.10. The molecule has 0 aliphatic carbocycles. The lowest BCUT2D eigenvalue weighted by Crippen LogP contribution is -2.11. The van der Waals surface area contributed by atoms with Crippen LogP contribution in [0.4, 0.5) is 17.5 Å². The van der Waals surface area contributed by atoms with E-state index in [2.05, 4.69) is 36.6 Å². The highest BCUT2D eigenvalue weighted by atomic mass is 79.9. The first-order valence-corrected chi connectivity index (χ1v) is 6.29. The maximum atomic E-state index is 6.02. The van der Waals surface area contributed by atoms with Gasteiger partial charge >= 0.3 is 0 Å². The molecule has 0 amide bonds. The van der Waals surface area contributed by atoms with Gasteiger partial charge in [0, 0.05) is 4.47 Å². The number of nitrogen functional groups attached to an aromatic ring is 1. The Morgan fingerprint density at radius 1 is 1.39 bits per heavy atom. The Morgan fingerprint density at radius 3 is 2.83 bits per heavy atom. The second-order valence-corrected chi connectivity index (χ2v) is 4.90. The monoisotopic (exact) mass is 327 g/mol. The third kappa shape index (κ3) is 2.90. The van der Waals surface area contributed by atoms with E-state index in [4.69, 9.17) is 17.4 Å². The summed E-state index contributed by atoms with van der Waals surface area (Å²) in [5, 5.41) is 3.53. The summed E-state index contributed by atoms with van der Waals surface area (Å²) >= 11 is 9.49. The minimum atomic E-state index is 0.296. The van der Waals surface area contributed by atoms with Crippen molar-refractivity contribution in [1.82, 2.24) is 9.97 Å². The predicted molar refractivity (Wildman–Crippen MR) is 77.0 cm³/mol. The molecular weight excluding hydrogens is 318 g/mol. The molecule has 0 fully saturated rings. The van der Waals surface area contributed by atoms with E-state index in [0.29, 0.717) is 16.8 Å². The number of benzene rings is 1. The van der Waals surface area contributed by atoms with Gasteiger partial charge in [0.05, 0.1) is 11.9 Å². The van der Waals surface area contributed by atoms with Crippen LogP contribution in [0, 0.1) is 6.92 Å². The van der Waals surface area contributed by atoms with Crippen molar-refractivity contribution in [2.45, 2.75) is 6.92 Å². The summed E-state index contributed by atoms with van der Waals surface area (Å²) in [5.74, 6) is 6.04. The van der Waals surface area contributed by atoms with Crippen molar-refractivity contribution >= 4 is 45.0 Å². The highest BCUT2D eigenvalue weighted by Crippen LogP contribution is 2.29. The zero-order valence-electron chi connectivity index (χ0n) is 9.54. The smallest absolute Gasteiger partial charge is 0.239 e. The Balaban J connectivity index is 2.33. The molecule has 0 bridgehead atoms. The highest BCUT2D eigenvalue weighted by molar-refractivity contribution is 9.10. The summed E-state index contributed by atoms with van der Waals surface area (Å²) in [6, 6.07) is 5.93. The first-order valence-electron chi connectivity index (χ1n) is 5.12. The van der Waals surface area contributed by atoms with Gasteiger partial charge in [-0.15, -0.1) is 0 Å². The number of halogens is 2. The lowest BCUT2D eigenvalue weighted by atomic mass is 10.2. The maximum absolute atomic E-state index is 6.02. The maximum Gasteiger partial charge on any atom is 0.239 e. The van der Waals surface area contributed by atoms with Crippen LogP contribution in [0.1, 0.15) is 5.56 Å². The van der Waals surface area contributed by atoms with Gasteiger partial charge in [-0.3, -0.25) is 5.43 Å². The third-order valence-electron chi connectivity index (χ3n) is 2.25. The van der Waals surface area contributed by atoms with Crippen molar-refractivity contribution in [3.63, 3.8) is 0 Å². The van der Waals surface area contributed by atoms with Crippen molar-refractivity contribution in [3.05, 3.63) is 39.5 Å². The quantitative estimate of drug-likeness (QED) is 0.596. The molecule has 2 aromatic rings. The molecule has 0 saturated heterocycles. The van der Waals surface area contributed by atoms with Crippen LogP contribution >= 0.6 is 27.5 Å². The number of nitrogens with one attached hydrogen (secondary N) is 2. The topological polar surface area (TPSA) is 75.9 Å². The largest absolute Gasteiger partial charge is 0.338 e. The number of aryl methyl sites for hydroxylation is 1. The van der Waals surface area contributed by atoms with Crippen LogP contribution < -0.4 is 16.6 Å². The Morgan fingerprint density at radius 2 is 2.17 bits per heavy atom. The second-order valence-electron chi connectivity index (χ2n) is 3.64. The first-order chi connectivity index (χ1) is 8.60. The molecule has 94 valence electrons. The van der Waals surface area contributed by atoms with E-state index in [1.54, 1.807) is 0 Å². The van der Waals surface area contributed by atoms with Crippen LogP contribution in [0.2, 0.25) is 5.02 Å². The molecule has 0 aliphatic heterocycles. The molecule has 0 unspecified atom stereocenters. The van der Waals surface area contributed by atoms with Crippen LogP contribution in [0.5, 0.6) is 0 Å². The third-order valence-corrected chi connectivity index (χ3v) is 3.18. The van der Waals surface area contributed by atoms with Crippen LogP contribution in [0.3, 0.4) is 0 Å². The number of hydrogen-bond acceptors (Lipinski definition) is 5. The van der Waals surface area contributed by atoms with Crippen molar-refractivity contribution in [1.29, 1.82) is 0 Å². The molecule has 0 spiro atoms. The molecule has 1 heterocycles. The van der Waals surface area contributed by atoms with Gasteiger partial charge in [0.25, 0.3) is 0 Å². The van der Waals surface area contributed by atoms with Crippen molar-refractivity contribution in [3.8, 4) is 0 Å². The fraction of sp³-hybridized carbons (Fsp3) is 0.0909. The van der Waals surface area contributed by atoms with E-state index >= 15 is 0 Å². The number of aromatic nitrogens is 2. The average Bonchev–Trinajstić information content (AvgIpc) is 2.35. The number of rotatable bonds is 3. The van der Waals surface area contributed by atoms with Gasteiger partial charge in [-0.05, 0) is 40.5 Å². The Labute approximate surface area is 118 Å². The number of hydrazine groups is 1. The highest BCUT2D eigenvalue weighted by Gasteiger charge is 2.07. The fourth-order valence-electron chi connectivity index (χ4n) is 1.37. The molecule has 0 atom stereocenters. The molecule has 4 N–H and O–H groups in total. The predicted octanol–water partition coefficient (Wildman–Crippen LogP) is 3.23. The van der Waals surface area contributed by atoms with Gasteiger partial charge in [0.15, 0.2) is 5.82 Å². The van der Waals surface area contributed by atoms with Gasteiger partial charge in [-0.2, -0.15) is 4.98 Å². The van der Waals surface area contributed by atoms with E-state index in [9.17, 15) is 0 Å².